The van der Waals surface area contributed by atoms with E-state index in [1.165, 1.54) is 5.57 Å². The number of allylic oxidation sites excluding steroid dienone is 2. The highest BCUT2D eigenvalue weighted by molar-refractivity contribution is 5.77. The smallest absolute Gasteiger partial charge is 0.312 e. The van der Waals surface area contributed by atoms with E-state index in [9.17, 15) is 25.2 Å². The van der Waals surface area contributed by atoms with Crippen LogP contribution in [-0.4, -0.2) is 45.2 Å². The molecule has 0 saturated heterocycles. The van der Waals surface area contributed by atoms with Gasteiger partial charge in [-0.15, -0.1) is 0 Å². The molecule has 198 valence electrons. The van der Waals surface area contributed by atoms with Gasteiger partial charge in [-0.25, -0.2) is 0 Å². The molecule has 0 unspecified atom stereocenters. The molecule has 5 aliphatic carbocycles. The van der Waals surface area contributed by atoms with Crippen molar-refractivity contribution in [2.45, 2.75) is 112 Å². The van der Waals surface area contributed by atoms with Gasteiger partial charge in [0.15, 0.2) is 0 Å². The first-order valence-corrected chi connectivity index (χ1v) is 14.0. The van der Waals surface area contributed by atoms with Crippen molar-refractivity contribution >= 4 is 5.97 Å². The molecule has 4 N–H and O–H groups in total. The Balaban J connectivity index is 1.63. The third-order valence-electron chi connectivity index (χ3n) is 13.2. The van der Waals surface area contributed by atoms with Gasteiger partial charge in [-0.1, -0.05) is 53.2 Å². The van der Waals surface area contributed by atoms with Crippen LogP contribution in [-0.2, 0) is 4.79 Å². The van der Waals surface area contributed by atoms with Gasteiger partial charge in [-0.2, -0.15) is 0 Å². The summed E-state index contributed by atoms with van der Waals surface area (Å²) < 4.78 is 0. The van der Waals surface area contributed by atoms with Crippen molar-refractivity contribution in [2.75, 3.05) is 6.61 Å². The topological polar surface area (TPSA) is 98.0 Å². The van der Waals surface area contributed by atoms with Gasteiger partial charge in [-0.3, -0.25) is 4.79 Å². The van der Waals surface area contributed by atoms with Crippen LogP contribution < -0.4 is 0 Å². The Morgan fingerprint density at radius 3 is 2.23 bits per heavy atom. The Kier molecular flexibility index (Phi) is 5.56. The predicted molar refractivity (Wildman–Crippen MR) is 135 cm³/mol. The number of aliphatic hydroxyl groups is 3. The van der Waals surface area contributed by atoms with Gasteiger partial charge < -0.3 is 20.4 Å². The minimum Gasteiger partial charge on any atom is -0.481 e. The molecule has 5 nitrogen and oxygen atoms in total. The summed E-state index contributed by atoms with van der Waals surface area (Å²) in [7, 11) is 0. The van der Waals surface area contributed by atoms with E-state index in [0.29, 0.717) is 25.2 Å². The summed E-state index contributed by atoms with van der Waals surface area (Å²) in [5.41, 5.74) is -0.522. The molecule has 5 heteroatoms. The highest BCUT2D eigenvalue weighted by atomic mass is 16.4. The van der Waals surface area contributed by atoms with Crippen LogP contribution in [0.2, 0.25) is 0 Å². The molecule has 35 heavy (non-hydrogen) atoms. The minimum absolute atomic E-state index is 0.00707. The van der Waals surface area contributed by atoms with Crippen molar-refractivity contribution < 1.29 is 25.2 Å². The number of hydrogen-bond donors (Lipinski definition) is 4. The van der Waals surface area contributed by atoms with Crippen molar-refractivity contribution in [3.63, 3.8) is 0 Å². The number of aliphatic carboxylic acids is 1. The fourth-order valence-corrected chi connectivity index (χ4v) is 10.8. The summed E-state index contributed by atoms with van der Waals surface area (Å²) in [6, 6.07) is 0. The molecule has 0 aromatic carbocycles. The van der Waals surface area contributed by atoms with Crippen molar-refractivity contribution in [1.82, 2.24) is 0 Å². The average molecular weight is 489 g/mol. The van der Waals surface area contributed by atoms with E-state index in [-0.39, 0.29) is 40.1 Å². The van der Waals surface area contributed by atoms with Crippen LogP contribution in [0.4, 0.5) is 0 Å². The molecule has 0 bridgehead atoms. The van der Waals surface area contributed by atoms with Crippen molar-refractivity contribution in [3.05, 3.63) is 11.6 Å². The molecular formula is C30H48O5. The van der Waals surface area contributed by atoms with Crippen LogP contribution >= 0.6 is 0 Å². The van der Waals surface area contributed by atoms with Gasteiger partial charge in [0.05, 0.1) is 18.8 Å². The molecule has 5 aliphatic rings. The van der Waals surface area contributed by atoms with Gasteiger partial charge in [-0.05, 0) is 97.2 Å². The largest absolute Gasteiger partial charge is 0.481 e. The van der Waals surface area contributed by atoms with Crippen molar-refractivity contribution in [1.29, 1.82) is 0 Å². The van der Waals surface area contributed by atoms with Gasteiger partial charge in [0.1, 0.15) is 5.41 Å². The summed E-state index contributed by atoms with van der Waals surface area (Å²) in [4.78, 5) is 12.8. The van der Waals surface area contributed by atoms with Crippen molar-refractivity contribution in [3.8, 4) is 0 Å². The second-order valence-corrected chi connectivity index (χ2v) is 15.0. The molecule has 0 spiro atoms. The third kappa shape index (κ3) is 3.01. The highest BCUT2D eigenvalue weighted by Gasteiger charge is 2.71. The first kappa shape index (κ1) is 25.7. The van der Waals surface area contributed by atoms with Crippen molar-refractivity contribution in [2.24, 2.45) is 50.2 Å². The van der Waals surface area contributed by atoms with Crippen LogP contribution in [0.5, 0.6) is 0 Å². The maximum atomic E-state index is 12.8. The summed E-state index contributed by atoms with van der Waals surface area (Å²) in [6.07, 6.45) is 8.30. The minimum atomic E-state index is -1.07. The second-order valence-electron chi connectivity index (χ2n) is 15.0. The first-order valence-electron chi connectivity index (χ1n) is 14.0. The quantitative estimate of drug-likeness (QED) is 0.402. The van der Waals surface area contributed by atoms with Crippen LogP contribution in [0, 0.1) is 50.2 Å². The van der Waals surface area contributed by atoms with Gasteiger partial charge in [0, 0.05) is 5.41 Å². The lowest BCUT2D eigenvalue weighted by molar-refractivity contribution is -0.226. The van der Waals surface area contributed by atoms with E-state index >= 15 is 0 Å². The monoisotopic (exact) mass is 488 g/mol. The highest BCUT2D eigenvalue weighted by Crippen LogP contribution is 2.75. The molecule has 4 saturated carbocycles. The fraction of sp³-hybridized carbons (Fsp3) is 0.900. The standard InChI is InChI=1S/C30H48O5/c1-25(2)13-14-30(24(34)35)19(15-25)18-7-8-21-26(3)11-10-22(32)27(4,17-31)20(26)9-12-28(21,5)29(18,6)16-23(30)33/h7,19-23,31-33H,8-17H2,1-6H3,(H,34,35)/t19-,20+,21+,22-,23+,26-,27+,28+,29+,30+/m0/s1. The number of fused-ring (bicyclic) bond motifs is 7. The van der Waals surface area contributed by atoms with E-state index < -0.39 is 29.0 Å². The summed E-state index contributed by atoms with van der Waals surface area (Å²) >= 11 is 0. The lowest BCUT2D eigenvalue weighted by atomic mass is 9.33. The van der Waals surface area contributed by atoms with E-state index in [4.69, 9.17) is 0 Å². The summed E-state index contributed by atoms with van der Waals surface area (Å²) in [5.74, 6) is -0.323. The molecule has 4 fully saturated rings. The van der Waals surface area contributed by atoms with Gasteiger partial charge in [0.2, 0.25) is 0 Å². The molecule has 0 aromatic rings. The number of hydrogen-bond acceptors (Lipinski definition) is 4. The molecule has 0 heterocycles. The maximum Gasteiger partial charge on any atom is 0.312 e. The Morgan fingerprint density at radius 2 is 1.60 bits per heavy atom. The first-order chi connectivity index (χ1) is 16.1. The number of carboxylic acids is 1. The normalized spacial score (nSPS) is 55.0. The maximum absolute atomic E-state index is 12.8. The van der Waals surface area contributed by atoms with E-state index in [2.05, 4.69) is 47.6 Å². The SMILES string of the molecule is CC1(C)CC[C@]2(C(=O)O)[C@H](O)C[C@]3(C)C(=CC[C@@H]4[C@@]5(C)CC[C@H](O)[C@](C)(CO)[C@@H]5CC[C@]43C)[C@@H]2C1. The zero-order valence-corrected chi connectivity index (χ0v) is 22.7. The van der Waals surface area contributed by atoms with Gasteiger partial charge >= 0.3 is 5.97 Å². The number of carboxylic acid groups (broad SMARTS) is 1. The van der Waals surface area contributed by atoms with E-state index in [1.54, 1.807) is 0 Å². The number of rotatable bonds is 2. The fourth-order valence-electron chi connectivity index (χ4n) is 10.8. The molecule has 0 radical (unpaired) electrons. The van der Waals surface area contributed by atoms with Gasteiger partial charge in [0.25, 0.3) is 0 Å². The van der Waals surface area contributed by atoms with Crippen LogP contribution in [0.3, 0.4) is 0 Å². The van der Waals surface area contributed by atoms with E-state index in [0.717, 1.165) is 38.5 Å². The summed E-state index contributed by atoms with van der Waals surface area (Å²) in [5, 5.41) is 43.5. The molecule has 10 atom stereocenters. The van der Waals surface area contributed by atoms with Crippen LogP contribution in [0.15, 0.2) is 11.6 Å². The molecule has 5 rings (SSSR count). The molecule has 0 aliphatic heterocycles. The van der Waals surface area contributed by atoms with Crippen LogP contribution in [0.1, 0.15) is 99.3 Å². The lowest BCUT2D eigenvalue weighted by Crippen LogP contribution is -2.68. The average Bonchev–Trinajstić information content (AvgIpc) is 2.76. The Bertz CT molecular complexity index is 941. The summed E-state index contributed by atoms with van der Waals surface area (Å²) in [6.45, 7) is 13.7. The van der Waals surface area contributed by atoms with E-state index in [1.807, 2.05) is 0 Å². The Hall–Kier alpha value is -0.910. The zero-order chi connectivity index (χ0) is 25.8. The molecule has 0 amide bonds. The zero-order valence-electron chi connectivity index (χ0n) is 22.7. The third-order valence-corrected chi connectivity index (χ3v) is 13.2. The predicted octanol–water partition coefficient (Wildman–Crippen LogP) is 5.18. The van der Waals surface area contributed by atoms with Crippen LogP contribution in [0.25, 0.3) is 0 Å². The number of aliphatic hydroxyl groups excluding tert-OH is 3. The molecular weight excluding hydrogens is 440 g/mol. The number of carbonyl (C=O) groups is 1. The Morgan fingerprint density at radius 1 is 0.914 bits per heavy atom. The lowest BCUT2D eigenvalue weighted by Gasteiger charge is -2.71. The Labute approximate surface area is 211 Å². The second kappa shape index (κ2) is 7.57. The molecule has 0 aromatic heterocycles.